The quantitative estimate of drug-likeness (QED) is 0.854. The van der Waals surface area contributed by atoms with Crippen molar-refractivity contribution >= 4 is 5.97 Å². The monoisotopic (exact) mass is 290 g/mol. The van der Waals surface area contributed by atoms with Crippen molar-refractivity contribution in [2.45, 2.75) is 70.6 Å². The summed E-state index contributed by atoms with van der Waals surface area (Å²) in [5.41, 5.74) is 1.60. The van der Waals surface area contributed by atoms with Gasteiger partial charge in [-0.3, -0.25) is 4.79 Å². The van der Waals surface area contributed by atoms with Crippen LogP contribution in [0.1, 0.15) is 69.6 Å². The first-order valence-corrected chi connectivity index (χ1v) is 7.76. The van der Waals surface area contributed by atoms with E-state index in [0.29, 0.717) is 12.8 Å². The van der Waals surface area contributed by atoms with Crippen molar-refractivity contribution in [3.8, 4) is 5.75 Å². The van der Waals surface area contributed by atoms with Crippen LogP contribution in [0.2, 0.25) is 0 Å². The molecule has 0 spiro atoms. The fourth-order valence-corrected chi connectivity index (χ4v) is 3.56. The van der Waals surface area contributed by atoms with E-state index in [2.05, 4.69) is 0 Å². The zero-order valence-electron chi connectivity index (χ0n) is 13.5. The van der Waals surface area contributed by atoms with E-state index in [1.54, 1.807) is 6.07 Å². The number of carboxylic acid groups (broad SMARTS) is 1. The van der Waals surface area contributed by atoms with Crippen molar-refractivity contribution in [3.05, 3.63) is 28.8 Å². The fraction of sp³-hybridized carbons (Fsp3) is 0.611. The smallest absolute Gasteiger partial charge is 0.314 e. The Morgan fingerprint density at radius 3 is 2.19 bits per heavy atom. The van der Waals surface area contributed by atoms with Gasteiger partial charge in [-0.15, -0.1) is 0 Å². The summed E-state index contributed by atoms with van der Waals surface area (Å²) in [5.74, 6) is -0.462. The molecule has 0 amide bonds. The molecule has 0 heterocycles. The van der Waals surface area contributed by atoms with Gasteiger partial charge in [-0.2, -0.15) is 0 Å². The maximum Gasteiger partial charge on any atom is 0.314 e. The Kier molecular flexibility index (Phi) is 4.05. The third-order valence-electron chi connectivity index (χ3n) is 4.78. The number of hydrogen-bond acceptors (Lipinski definition) is 2. The van der Waals surface area contributed by atoms with Gasteiger partial charge in [-0.25, -0.2) is 0 Å². The fourth-order valence-electron chi connectivity index (χ4n) is 3.56. The minimum atomic E-state index is -0.782. The number of aryl methyl sites for hydroxylation is 1. The van der Waals surface area contributed by atoms with Crippen LogP contribution in [0.15, 0.2) is 12.1 Å². The van der Waals surface area contributed by atoms with E-state index in [4.69, 9.17) is 0 Å². The van der Waals surface area contributed by atoms with Crippen molar-refractivity contribution in [2.75, 3.05) is 0 Å². The van der Waals surface area contributed by atoms with E-state index >= 15 is 0 Å². The molecule has 1 saturated carbocycles. The van der Waals surface area contributed by atoms with Crippen LogP contribution >= 0.6 is 0 Å². The highest BCUT2D eigenvalue weighted by Gasteiger charge is 2.43. The summed E-state index contributed by atoms with van der Waals surface area (Å²) in [5, 5.41) is 20.1. The second-order valence-electron chi connectivity index (χ2n) is 7.38. The van der Waals surface area contributed by atoms with Gasteiger partial charge in [0.2, 0.25) is 0 Å². The van der Waals surface area contributed by atoms with Crippen molar-refractivity contribution in [1.82, 2.24) is 0 Å². The van der Waals surface area contributed by atoms with Crippen LogP contribution in [0, 0.1) is 6.92 Å². The van der Waals surface area contributed by atoms with E-state index in [1.165, 1.54) is 0 Å². The van der Waals surface area contributed by atoms with Crippen molar-refractivity contribution < 1.29 is 15.0 Å². The number of carbonyl (C=O) groups is 1. The highest BCUT2D eigenvalue weighted by Crippen LogP contribution is 2.44. The van der Waals surface area contributed by atoms with Gasteiger partial charge in [0.05, 0.1) is 5.41 Å². The van der Waals surface area contributed by atoms with E-state index in [9.17, 15) is 15.0 Å². The van der Waals surface area contributed by atoms with Gasteiger partial charge in [0.15, 0.2) is 0 Å². The molecule has 0 unspecified atom stereocenters. The standard InChI is InChI=1S/C18H26O3/c1-12-10-15(19)14(17(2,3)4)11-13(12)18(16(20)21)8-6-5-7-9-18/h10-11,19H,5-9H2,1-4H3,(H,20,21). The molecule has 0 radical (unpaired) electrons. The van der Waals surface area contributed by atoms with Crippen molar-refractivity contribution in [3.63, 3.8) is 0 Å². The molecule has 1 aliphatic carbocycles. The minimum Gasteiger partial charge on any atom is -0.508 e. The molecule has 3 heteroatoms. The zero-order valence-corrected chi connectivity index (χ0v) is 13.5. The molecular formula is C18H26O3. The molecule has 1 aromatic rings. The van der Waals surface area contributed by atoms with Crippen LogP contribution in [0.3, 0.4) is 0 Å². The van der Waals surface area contributed by atoms with Crippen molar-refractivity contribution in [1.29, 1.82) is 0 Å². The number of phenolic OH excluding ortho intramolecular Hbond substituents is 1. The van der Waals surface area contributed by atoms with Crippen LogP contribution < -0.4 is 0 Å². The molecule has 116 valence electrons. The van der Waals surface area contributed by atoms with Gasteiger partial charge in [0, 0.05) is 0 Å². The Morgan fingerprint density at radius 1 is 1.14 bits per heavy atom. The highest BCUT2D eigenvalue weighted by molar-refractivity contribution is 5.82. The van der Waals surface area contributed by atoms with Crippen LogP contribution in [0.5, 0.6) is 5.75 Å². The average Bonchev–Trinajstić information content (AvgIpc) is 2.37. The normalized spacial score (nSPS) is 18.5. The van der Waals surface area contributed by atoms with Crippen LogP contribution in [-0.2, 0) is 15.6 Å². The van der Waals surface area contributed by atoms with E-state index in [1.807, 2.05) is 33.8 Å². The van der Waals surface area contributed by atoms with Crippen LogP contribution in [-0.4, -0.2) is 16.2 Å². The largest absolute Gasteiger partial charge is 0.508 e. The molecule has 21 heavy (non-hydrogen) atoms. The number of carboxylic acids is 1. The van der Waals surface area contributed by atoms with E-state index in [0.717, 1.165) is 36.0 Å². The summed E-state index contributed by atoms with van der Waals surface area (Å²) < 4.78 is 0. The van der Waals surface area contributed by atoms with Crippen LogP contribution in [0.25, 0.3) is 0 Å². The number of hydrogen-bond donors (Lipinski definition) is 2. The summed E-state index contributed by atoms with van der Waals surface area (Å²) >= 11 is 0. The lowest BCUT2D eigenvalue weighted by molar-refractivity contribution is -0.145. The lowest BCUT2D eigenvalue weighted by Crippen LogP contribution is -2.38. The first kappa shape index (κ1) is 15.9. The number of aromatic hydroxyl groups is 1. The van der Waals surface area contributed by atoms with Gasteiger partial charge in [-0.05, 0) is 47.9 Å². The van der Waals surface area contributed by atoms with Gasteiger partial charge >= 0.3 is 5.97 Å². The molecule has 0 aliphatic heterocycles. The average molecular weight is 290 g/mol. The molecule has 0 saturated heterocycles. The molecule has 1 aliphatic rings. The Balaban J connectivity index is 2.63. The van der Waals surface area contributed by atoms with Crippen LogP contribution in [0.4, 0.5) is 0 Å². The first-order chi connectivity index (χ1) is 9.68. The molecule has 1 fully saturated rings. The second kappa shape index (κ2) is 5.36. The number of benzene rings is 1. The summed E-state index contributed by atoms with van der Waals surface area (Å²) in [4.78, 5) is 12.0. The maximum atomic E-state index is 12.0. The first-order valence-electron chi connectivity index (χ1n) is 7.76. The third-order valence-corrected chi connectivity index (χ3v) is 4.78. The summed E-state index contributed by atoms with van der Waals surface area (Å²) in [6.45, 7) is 8.02. The molecule has 2 N–H and O–H groups in total. The van der Waals surface area contributed by atoms with Gasteiger partial charge < -0.3 is 10.2 Å². The summed E-state index contributed by atoms with van der Waals surface area (Å²) in [6, 6.07) is 3.67. The van der Waals surface area contributed by atoms with E-state index in [-0.39, 0.29) is 11.2 Å². The number of aliphatic carboxylic acids is 1. The minimum absolute atomic E-state index is 0.207. The molecule has 0 bridgehead atoms. The van der Waals surface area contributed by atoms with E-state index < -0.39 is 11.4 Å². The Hall–Kier alpha value is -1.51. The molecule has 0 atom stereocenters. The zero-order chi connectivity index (χ0) is 15.8. The highest BCUT2D eigenvalue weighted by atomic mass is 16.4. The van der Waals surface area contributed by atoms with Gasteiger partial charge in [-0.1, -0.05) is 46.1 Å². The molecule has 3 nitrogen and oxygen atoms in total. The molecule has 0 aromatic heterocycles. The van der Waals surface area contributed by atoms with Gasteiger partial charge in [0.1, 0.15) is 5.75 Å². The molecular weight excluding hydrogens is 264 g/mol. The summed E-state index contributed by atoms with van der Waals surface area (Å²) in [6.07, 6.45) is 4.41. The maximum absolute atomic E-state index is 12.0. The Labute approximate surface area is 127 Å². The second-order valence-corrected chi connectivity index (χ2v) is 7.38. The lowest BCUT2D eigenvalue weighted by atomic mass is 9.67. The number of rotatable bonds is 2. The SMILES string of the molecule is Cc1cc(O)c(C(C)(C)C)cc1C1(C(=O)O)CCCCC1. The Bertz CT molecular complexity index is 546. The molecule has 2 rings (SSSR count). The summed E-state index contributed by atoms with van der Waals surface area (Å²) in [7, 11) is 0. The molecule has 1 aromatic carbocycles. The third kappa shape index (κ3) is 2.78. The van der Waals surface area contributed by atoms with Crippen molar-refractivity contribution in [2.24, 2.45) is 0 Å². The predicted molar refractivity (Wildman–Crippen MR) is 83.9 cm³/mol. The lowest BCUT2D eigenvalue weighted by Gasteiger charge is -2.36. The Morgan fingerprint density at radius 2 is 1.71 bits per heavy atom. The topological polar surface area (TPSA) is 57.5 Å². The predicted octanol–water partition coefficient (Wildman–Crippen LogP) is 4.28. The van der Waals surface area contributed by atoms with Gasteiger partial charge in [0.25, 0.3) is 0 Å². The number of phenols is 1.